The van der Waals surface area contributed by atoms with E-state index in [9.17, 15) is 26.7 Å². The SMILES string of the molecule is CN(C)C1(c2cccc(F)c2)CCC2(CC1)c1[nH]c3ccccc3c1CCN2C(=O)c1ccc(F)c(C(F)(F)F)c1. The number of hydrogen-bond donors (Lipinski definition) is 1. The van der Waals surface area contributed by atoms with E-state index in [4.69, 9.17) is 0 Å². The van der Waals surface area contributed by atoms with Gasteiger partial charge in [-0.05, 0) is 93.7 Å². The monoisotopic (exact) mass is 567 g/mol. The van der Waals surface area contributed by atoms with Crippen molar-refractivity contribution in [3.05, 3.63) is 106 Å². The van der Waals surface area contributed by atoms with Gasteiger partial charge in [0, 0.05) is 34.2 Å². The molecule has 0 atom stereocenters. The van der Waals surface area contributed by atoms with E-state index in [1.54, 1.807) is 17.0 Å². The van der Waals surface area contributed by atoms with Crippen LogP contribution >= 0.6 is 0 Å². The molecule has 214 valence electrons. The molecule has 0 radical (unpaired) electrons. The Morgan fingerprint density at radius 2 is 1.66 bits per heavy atom. The van der Waals surface area contributed by atoms with Crippen LogP contribution in [0.3, 0.4) is 0 Å². The maximum Gasteiger partial charge on any atom is 0.419 e. The van der Waals surface area contributed by atoms with E-state index in [0.717, 1.165) is 33.8 Å². The highest BCUT2D eigenvalue weighted by molar-refractivity contribution is 5.96. The normalized spacial score (nSPS) is 22.9. The topological polar surface area (TPSA) is 39.3 Å². The number of nitrogens with zero attached hydrogens (tertiary/aromatic N) is 2. The van der Waals surface area contributed by atoms with Gasteiger partial charge in [0.25, 0.3) is 5.91 Å². The standard InChI is InChI=1S/C32H30F5N3O/c1-39(2)30(21-6-5-7-22(33)19-21)13-15-31(16-14-30)28-24(23-8-3-4-9-27(23)38-28)12-17-40(31)29(41)20-10-11-26(34)25(18-20)32(35,36)37/h3-11,18-19,38H,12-17H2,1-2H3. The first-order valence-electron chi connectivity index (χ1n) is 13.7. The second kappa shape index (κ2) is 9.69. The number of fused-ring (bicyclic) bond motifs is 4. The Morgan fingerprint density at radius 3 is 2.34 bits per heavy atom. The van der Waals surface area contributed by atoms with Gasteiger partial charge in [-0.15, -0.1) is 0 Å². The Morgan fingerprint density at radius 1 is 0.927 bits per heavy atom. The van der Waals surface area contributed by atoms with Crippen molar-refractivity contribution in [3.8, 4) is 0 Å². The Balaban J connectivity index is 1.46. The van der Waals surface area contributed by atoms with E-state index >= 15 is 0 Å². The minimum atomic E-state index is -4.93. The number of aromatic amines is 1. The van der Waals surface area contributed by atoms with Crippen molar-refractivity contribution < 1.29 is 26.7 Å². The zero-order valence-corrected chi connectivity index (χ0v) is 22.8. The van der Waals surface area contributed by atoms with Crippen LogP contribution < -0.4 is 0 Å². The number of para-hydroxylation sites is 1. The Bertz CT molecular complexity index is 1630. The fraction of sp³-hybridized carbons (Fsp3) is 0.344. The molecule has 0 saturated heterocycles. The van der Waals surface area contributed by atoms with Gasteiger partial charge in [-0.1, -0.05) is 30.3 Å². The van der Waals surface area contributed by atoms with E-state index in [2.05, 4.69) is 9.88 Å². The van der Waals surface area contributed by atoms with Crippen molar-refractivity contribution in [1.82, 2.24) is 14.8 Å². The lowest BCUT2D eigenvalue weighted by molar-refractivity contribution is -0.140. The number of carbonyl (C=O) groups excluding carboxylic acids is 1. The fourth-order valence-electron chi connectivity index (χ4n) is 7.13. The van der Waals surface area contributed by atoms with E-state index < -0.39 is 34.5 Å². The molecule has 1 amide bonds. The maximum atomic E-state index is 14.3. The largest absolute Gasteiger partial charge is 0.419 e. The summed E-state index contributed by atoms with van der Waals surface area (Å²) in [6.45, 7) is 0.307. The molecule has 0 bridgehead atoms. The molecule has 0 unspecified atom stereocenters. The highest BCUT2D eigenvalue weighted by Gasteiger charge is 2.53. The quantitative estimate of drug-likeness (QED) is 0.262. The zero-order valence-electron chi connectivity index (χ0n) is 22.8. The van der Waals surface area contributed by atoms with Gasteiger partial charge in [0.05, 0.1) is 11.1 Å². The number of nitrogens with one attached hydrogen (secondary N) is 1. The molecule has 6 rings (SSSR count). The van der Waals surface area contributed by atoms with Crippen LogP contribution in [0.5, 0.6) is 0 Å². The molecule has 1 spiro atoms. The second-order valence-corrected chi connectivity index (χ2v) is 11.4. The molecule has 1 saturated carbocycles. The number of benzene rings is 3. The van der Waals surface area contributed by atoms with Crippen molar-refractivity contribution in [2.75, 3.05) is 20.6 Å². The first-order chi connectivity index (χ1) is 19.5. The molecule has 1 aliphatic carbocycles. The number of hydrogen-bond acceptors (Lipinski definition) is 2. The Hall–Kier alpha value is -3.72. The summed E-state index contributed by atoms with van der Waals surface area (Å²) in [6, 6.07) is 16.9. The minimum Gasteiger partial charge on any atom is -0.356 e. The summed E-state index contributed by atoms with van der Waals surface area (Å²) < 4.78 is 69.1. The molecule has 1 aliphatic heterocycles. The zero-order chi connectivity index (χ0) is 29.2. The van der Waals surface area contributed by atoms with Crippen molar-refractivity contribution in [1.29, 1.82) is 0 Å². The summed E-state index contributed by atoms with van der Waals surface area (Å²) >= 11 is 0. The summed E-state index contributed by atoms with van der Waals surface area (Å²) in [5, 5.41) is 1.06. The molecule has 41 heavy (non-hydrogen) atoms. The first-order valence-corrected chi connectivity index (χ1v) is 13.7. The average molecular weight is 568 g/mol. The third kappa shape index (κ3) is 4.33. The number of rotatable bonds is 3. The lowest BCUT2D eigenvalue weighted by atomic mass is 9.65. The van der Waals surface area contributed by atoms with Gasteiger partial charge in [0.2, 0.25) is 0 Å². The lowest BCUT2D eigenvalue weighted by Crippen LogP contribution is -2.58. The fourth-order valence-corrected chi connectivity index (χ4v) is 7.13. The molecular formula is C32H30F5N3O. The average Bonchev–Trinajstić information content (AvgIpc) is 3.33. The highest BCUT2D eigenvalue weighted by Crippen LogP contribution is 2.54. The maximum absolute atomic E-state index is 14.3. The van der Waals surface area contributed by atoms with Crippen LogP contribution in [-0.2, 0) is 23.7 Å². The van der Waals surface area contributed by atoms with Crippen molar-refractivity contribution in [2.24, 2.45) is 0 Å². The number of H-pyrrole nitrogens is 1. The number of alkyl halides is 3. The van der Waals surface area contributed by atoms with E-state index in [1.165, 1.54) is 6.07 Å². The lowest BCUT2D eigenvalue weighted by Gasteiger charge is -2.55. The summed E-state index contributed by atoms with van der Waals surface area (Å²) in [4.78, 5) is 21.4. The number of halogens is 5. The van der Waals surface area contributed by atoms with Crippen molar-refractivity contribution in [2.45, 2.75) is 49.4 Å². The van der Waals surface area contributed by atoms with Crippen LogP contribution in [0.25, 0.3) is 10.9 Å². The third-order valence-electron chi connectivity index (χ3n) is 9.27. The predicted molar refractivity (Wildman–Crippen MR) is 146 cm³/mol. The van der Waals surface area contributed by atoms with Gasteiger partial charge in [0.15, 0.2) is 0 Å². The van der Waals surface area contributed by atoms with Gasteiger partial charge >= 0.3 is 6.18 Å². The molecule has 1 fully saturated rings. The molecule has 4 aromatic rings. The van der Waals surface area contributed by atoms with Crippen LogP contribution in [-0.4, -0.2) is 41.3 Å². The van der Waals surface area contributed by atoms with Crippen LogP contribution in [0.1, 0.15) is 58.4 Å². The molecule has 1 aromatic heterocycles. The third-order valence-corrected chi connectivity index (χ3v) is 9.27. The molecule has 9 heteroatoms. The molecule has 1 N–H and O–H groups in total. The van der Waals surface area contributed by atoms with Gasteiger partial charge in [-0.25, -0.2) is 8.78 Å². The summed E-state index contributed by atoms with van der Waals surface area (Å²) in [5.74, 6) is -2.31. The van der Waals surface area contributed by atoms with Crippen LogP contribution in [0.4, 0.5) is 22.0 Å². The van der Waals surface area contributed by atoms with Gasteiger partial charge in [-0.3, -0.25) is 9.69 Å². The Kier molecular flexibility index (Phi) is 6.48. The van der Waals surface area contributed by atoms with Crippen LogP contribution in [0.2, 0.25) is 0 Å². The van der Waals surface area contributed by atoms with Gasteiger partial charge < -0.3 is 9.88 Å². The van der Waals surface area contributed by atoms with E-state index in [1.807, 2.05) is 44.4 Å². The smallest absolute Gasteiger partial charge is 0.356 e. The first kappa shape index (κ1) is 27.4. The van der Waals surface area contributed by atoms with Crippen LogP contribution in [0.15, 0.2) is 66.7 Å². The summed E-state index contributed by atoms with van der Waals surface area (Å²) in [6.07, 6.45) is -2.23. The number of carbonyl (C=O) groups is 1. The summed E-state index contributed by atoms with van der Waals surface area (Å²) in [5.41, 5.74) is 0.785. The van der Waals surface area contributed by atoms with Crippen molar-refractivity contribution in [3.63, 3.8) is 0 Å². The minimum absolute atomic E-state index is 0.202. The van der Waals surface area contributed by atoms with Crippen LogP contribution in [0, 0.1) is 11.6 Å². The van der Waals surface area contributed by atoms with Crippen molar-refractivity contribution >= 4 is 16.8 Å². The Labute approximate surface area is 234 Å². The number of amides is 1. The summed E-state index contributed by atoms with van der Waals surface area (Å²) in [7, 11) is 3.91. The molecular weight excluding hydrogens is 537 g/mol. The molecule has 4 nitrogen and oxygen atoms in total. The van der Waals surface area contributed by atoms with E-state index in [-0.39, 0.29) is 11.4 Å². The second-order valence-electron chi connectivity index (χ2n) is 11.4. The van der Waals surface area contributed by atoms with E-state index in [0.29, 0.717) is 50.8 Å². The predicted octanol–water partition coefficient (Wildman–Crippen LogP) is 7.39. The number of aromatic nitrogens is 1. The molecule has 2 heterocycles. The molecule has 3 aromatic carbocycles. The highest BCUT2D eigenvalue weighted by atomic mass is 19.4. The van der Waals surface area contributed by atoms with Gasteiger partial charge in [0.1, 0.15) is 11.6 Å². The molecule has 2 aliphatic rings. The van der Waals surface area contributed by atoms with Gasteiger partial charge in [-0.2, -0.15) is 13.2 Å².